The zero-order chi connectivity index (χ0) is 10.5. The van der Waals surface area contributed by atoms with Gasteiger partial charge < -0.3 is 10.5 Å². The van der Waals surface area contributed by atoms with Crippen LogP contribution in [-0.2, 0) is 4.74 Å². The molecule has 1 unspecified atom stereocenters. The molecule has 1 aliphatic heterocycles. The van der Waals surface area contributed by atoms with E-state index in [9.17, 15) is 0 Å². The molecule has 15 heavy (non-hydrogen) atoms. The number of aliphatic imine (C=N–C) groups is 1. The summed E-state index contributed by atoms with van der Waals surface area (Å²) >= 11 is 0. The zero-order valence-corrected chi connectivity index (χ0v) is 9.45. The van der Waals surface area contributed by atoms with Crippen molar-refractivity contribution in [3.8, 4) is 0 Å². The highest BCUT2D eigenvalue weighted by atomic mass is 16.5. The van der Waals surface area contributed by atoms with Crippen LogP contribution in [0.2, 0.25) is 0 Å². The summed E-state index contributed by atoms with van der Waals surface area (Å²) in [5.41, 5.74) is 6.01. The van der Waals surface area contributed by atoms with Crippen LogP contribution in [-0.4, -0.2) is 25.6 Å². The quantitative estimate of drug-likeness (QED) is 0.572. The Morgan fingerprint density at radius 3 is 2.67 bits per heavy atom. The molecule has 0 aromatic heterocycles. The van der Waals surface area contributed by atoms with Crippen molar-refractivity contribution in [1.29, 1.82) is 0 Å². The molecule has 1 saturated heterocycles. The van der Waals surface area contributed by atoms with Crippen LogP contribution in [0.5, 0.6) is 0 Å². The van der Waals surface area contributed by atoms with Crippen LogP contribution in [0.25, 0.3) is 0 Å². The Balaban J connectivity index is 1.76. The van der Waals surface area contributed by atoms with Gasteiger partial charge in [0.15, 0.2) is 0 Å². The van der Waals surface area contributed by atoms with Gasteiger partial charge in [0, 0.05) is 25.0 Å². The first-order valence-electron chi connectivity index (χ1n) is 6.24. The fourth-order valence-electron chi connectivity index (χ4n) is 2.54. The van der Waals surface area contributed by atoms with Crippen molar-refractivity contribution in [3.05, 3.63) is 0 Å². The average molecular weight is 210 g/mol. The van der Waals surface area contributed by atoms with E-state index in [4.69, 9.17) is 10.5 Å². The van der Waals surface area contributed by atoms with Gasteiger partial charge in [-0.2, -0.15) is 0 Å². The fourth-order valence-corrected chi connectivity index (χ4v) is 2.54. The maximum atomic E-state index is 6.01. The predicted molar refractivity (Wildman–Crippen MR) is 62.0 cm³/mol. The zero-order valence-electron chi connectivity index (χ0n) is 9.45. The molecule has 3 nitrogen and oxygen atoms in total. The van der Waals surface area contributed by atoms with Crippen molar-refractivity contribution in [3.63, 3.8) is 0 Å². The highest BCUT2D eigenvalue weighted by Crippen LogP contribution is 2.25. The largest absolute Gasteiger partial charge is 0.387 e. The predicted octanol–water partition coefficient (Wildman–Crippen LogP) is 1.96. The Kier molecular flexibility index (Phi) is 4.01. The van der Waals surface area contributed by atoms with E-state index in [1.54, 1.807) is 0 Å². The van der Waals surface area contributed by atoms with Crippen LogP contribution in [0.3, 0.4) is 0 Å². The van der Waals surface area contributed by atoms with Gasteiger partial charge in [0.25, 0.3) is 0 Å². The van der Waals surface area contributed by atoms with Gasteiger partial charge >= 0.3 is 0 Å². The lowest BCUT2D eigenvalue weighted by molar-refractivity contribution is 0.0582. The lowest BCUT2D eigenvalue weighted by Gasteiger charge is -2.20. The summed E-state index contributed by atoms with van der Waals surface area (Å²) in [7, 11) is 0. The number of ether oxygens (including phenoxy) is 1. The third-order valence-corrected chi connectivity index (χ3v) is 3.56. The normalized spacial score (nSPS) is 29.6. The van der Waals surface area contributed by atoms with Crippen LogP contribution in [0.15, 0.2) is 4.99 Å². The third kappa shape index (κ3) is 3.20. The van der Waals surface area contributed by atoms with Gasteiger partial charge in [-0.05, 0) is 25.7 Å². The van der Waals surface area contributed by atoms with Crippen molar-refractivity contribution in [2.45, 2.75) is 38.5 Å². The van der Waals surface area contributed by atoms with Gasteiger partial charge in [-0.1, -0.05) is 12.8 Å². The average Bonchev–Trinajstić information content (AvgIpc) is 2.81. The summed E-state index contributed by atoms with van der Waals surface area (Å²) in [6.45, 7) is 2.68. The summed E-state index contributed by atoms with van der Waals surface area (Å²) in [6, 6.07) is 0. The molecule has 0 spiro atoms. The molecule has 2 N–H and O–H groups in total. The van der Waals surface area contributed by atoms with E-state index >= 15 is 0 Å². The molecule has 0 amide bonds. The molecule has 2 aliphatic rings. The second-order valence-electron chi connectivity index (χ2n) is 4.83. The Morgan fingerprint density at radius 2 is 2.00 bits per heavy atom. The second kappa shape index (κ2) is 5.50. The van der Waals surface area contributed by atoms with Gasteiger partial charge in [0.2, 0.25) is 0 Å². The number of amidine groups is 1. The molecule has 1 heterocycles. The van der Waals surface area contributed by atoms with Crippen molar-refractivity contribution in [2.24, 2.45) is 22.6 Å². The van der Waals surface area contributed by atoms with Crippen LogP contribution in [0, 0.1) is 11.8 Å². The van der Waals surface area contributed by atoms with E-state index in [-0.39, 0.29) is 0 Å². The van der Waals surface area contributed by atoms with Crippen molar-refractivity contribution in [1.82, 2.24) is 0 Å². The first-order chi connectivity index (χ1) is 7.36. The SMILES string of the molecule is NC(=NCC1CCCOC1)C1CCCC1. The summed E-state index contributed by atoms with van der Waals surface area (Å²) in [5, 5.41) is 0. The highest BCUT2D eigenvalue weighted by Gasteiger charge is 2.19. The minimum absolute atomic E-state index is 0.578. The van der Waals surface area contributed by atoms with E-state index in [0.717, 1.165) is 25.6 Å². The highest BCUT2D eigenvalue weighted by molar-refractivity contribution is 5.83. The van der Waals surface area contributed by atoms with Crippen molar-refractivity contribution >= 4 is 5.84 Å². The van der Waals surface area contributed by atoms with Crippen LogP contribution in [0.1, 0.15) is 38.5 Å². The molecule has 1 saturated carbocycles. The topological polar surface area (TPSA) is 47.6 Å². The minimum Gasteiger partial charge on any atom is -0.387 e. The number of rotatable bonds is 3. The van der Waals surface area contributed by atoms with Gasteiger partial charge in [-0.25, -0.2) is 0 Å². The molecule has 1 atom stereocenters. The monoisotopic (exact) mass is 210 g/mol. The van der Waals surface area contributed by atoms with Gasteiger partial charge in [0.1, 0.15) is 0 Å². The molecule has 0 bridgehead atoms. The Bertz CT molecular complexity index is 216. The van der Waals surface area contributed by atoms with E-state index in [0.29, 0.717) is 11.8 Å². The van der Waals surface area contributed by atoms with E-state index in [1.807, 2.05) is 0 Å². The Labute approximate surface area is 92.1 Å². The van der Waals surface area contributed by atoms with Gasteiger partial charge in [-0.3, -0.25) is 4.99 Å². The molecule has 0 radical (unpaired) electrons. The summed E-state index contributed by atoms with van der Waals surface area (Å²) in [6.07, 6.45) is 7.58. The number of hydrogen-bond donors (Lipinski definition) is 1. The maximum Gasteiger partial charge on any atom is 0.0968 e. The number of hydrogen-bond acceptors (Lipinski definition) is 2. The van der Waals surface area contributed by atoms with E-state index in [1.165, 1.54) is 38.5 Å². The second-order valence-corrected chi connectivity index (χ2v) is 4.83. The molecular formula is C12H22N2O. The Hall–Kier alpha value is -0.570. The van der Waals surface area contributed by atoms with E-state index < -0.39 is 0 Å². The van der Waals surface area contributed by atoms with Crippen LogP contribution >= 0.6 is 0 Å². The molecular weight excluding hydrogens is 188 g/mol. The van der Waals surface area contributed by atoms with Crippen molar-refractivity contribution < 1.29 is 4.74 Å². The molecule has 3 heteroatoms. The standard InChI is InChI=1S/C12H22N2O/c13-12(11-5-1-2-6-11)14-8-10-4-3-7-15-9-10/h10-11H,1-9H2,(H2,13,14). The summed E-state index contributed by atoms with van der Waals surface area (Å²) in [5.74, 6) is 2.09. The molecule has 2 fully saturated rings. The maximum absolute atomic E-state index is 6.01. The van der Waals surface area contributed by atoms with Crippen molar-refractivity contribution in [2.75, 3.05) is 19.8 Å². The third-order valence-electron chi connectivity index (χ3n) is 3.56. The smallest absolute Gasteiger partial charge is 0.0968 e. The summed E-state index contributed by atoms with van der Waals surface area (Å²) < 4.78 is 5.43. The number of nitrogens with zero attached hydrogens (tertiary/aromatic N) is 1. The first-order valence-corrected chi connectivity index (χ1v) is 6.24. The minimum atomic E-state index is 0.578. The first kappa shape index (κ1) is 10.9. The molecule has 0 aromatic carbocycles. The summed E-state index contributed by atoms with van der Waals surface area (Å²) in [4.78, 5) is 4.54. The molecule has 0 aromatic rings. The lowest BCUT2D eigenvalue weighted by atomic mass is 10.0. The Morgan fingerprint density at radius 1 is 1.20 bits per heavy atom. The number of nitrogens with two attached hydrogens (primary N) is 1. The van der Waals surface area contributed by atoms with Gasteiger partial charge in [0.05, 0.1) is 12.4 Å². The molecule has 86 valence electrons. The van der Waals surface area contributed by atoms with Gasteiger partial charge in [-0.15, -0.1) is 0 Å². The van der Waals surface area contributed by atoms with Crippen LogP contribution < -0.4 is 5.73 Å². The molecule has 2 rings (SSSR count). The van der Waals surface area contributed by atoms with Crippen LogP contribution in [0.4, 0.5) is 0 Å². The molecule has 1 aliphatic carbocycles. The van der Waals surface area contributed by atoms with E-state index in [2.05, 4.69) is 4.99 Å². The lowest BCUT2D eigenvalue weighted by Crippen LogP contribution is -2.25. The fraction of sp³-hybridized carbons (Fsp3) is 0.917.